The molecule has 8 heteroatoms. The Labute approximate surface area is 163 Å². The van der Waals surface area contributed by atoms with Gasteiger partial charge in [0.15, 0.2) is 0 Å². The second-order valence-corrected chi connectivity index (χ2v) is 7.42. The fourth-order valence-corrected chi connectivity index (χ4v) is 3.84. The molecule has 2 atom stereocenters. The summed E-state index contributed by atoms with van der Waals surface area (Å²) in [6.07, 6.45) is 1.33. The van der Waals surface area contributed by atoms with Gasteiger partial charge in [-0.3, -0.25) is 0 Å². The lowest BCUT2D eigenvalue weighted by Gasteiger charge is -2.34. The van der Waals surface area contributed by atoms with E-state index in [4.69, 9.17) is 0 Å². The van der Waals surface area contributed by atoms with Gasteiger partial charge in [-0.2, -0.15) is 4.98 Å². The fraction of sp³-hybridized carbons (Fsp3) is 0.450. The highest BCUT2D eigenvalue weighted by Crippen LogP contribution is 2.32. The first-order valence-corrected chi connectivity index (χ1v) is 9.61. The minimum absolute atomic E-state index is 0.189. The lowest BCUT2D eigenvalue weighted by atomic mass is 10.0. The summed E-state index contributed by atoms with van der Waals surface area (Å²) in [4.78, 5) is 11.2. The summed E-state index contributed by atoms with van der Waals surface area (Å²) in [6, 6.07) is 5.17. The number of alkyl halides is 1. The van der Waals surface area contributed by atoms with Crippen LogP contribution >= 0.6 is 0 Å². The summed E-state index contributed by atoms with van der Waals surface area (Å²) >= 11 is 0. The number of likely N-dealkylation sites (N-methyl/N-ethyl adjacent to an activating group) is 1. The van der Waals surface area contributed by atoms with Crippen LogP contribution in [0.3, 0.4) is 0 Å². The number of likely N-dealkylation sites (tertiary alicyclic amines) is 1. The molecule has 0 bridgehead atoms. The van der Waals surface area contributed by atoms with Crippen molar-refractivity contribution in [2.45, 2.75) is 39.4 Å². The smallest absolute Gasteiger partial charge is 0.254 e. The Morgan fingerprint density at radius 1 is 1.29 bits per heavy atom. The summed E-state index contributed by atoms with van der Waals surface area (Å²) in [6.45, 7) is 8.25. The van der Waals surface area contributed by atoms with E-state index in [0.717, 1.165) is 24.2 Å². The number of aryl methyl sites for hydroxylation is 2. The normalized spacial score (nSPS) is 20.6. The fourth-order valence-electron chi connectivity index (χ4n) is 3.84. The molecule has 148 valence electrons. The molecule has 1 saturated heterocycles. The van der Waals surface area contributed by atoms with E-state index in [1.165, 1.54) is 0 Å². The molecule has 0 saturated carbocycles. The van der Waals surface area contributed by atoms with Crippen LogP contribution in [0.4, 0.5) is 10.3 Å². The molecule has 28 heavy (non-hydrogen) atoms. The van der Waals surface area contributed by atoms with Crippen molar-refractivity contribution in [2.75, 3.05) is 25.0 Å². The molecule has 3 heterocycles. The van der Waals surface area contributed by atoms with Gasteiger partial charge in [0.1, 0.15) is 11.9 Å². The largest absolute Gasteiger partial charge is 0.507 e. The van der Waals surface area contributed by atoms with E-state index in [9.17, 15) is 9.50 Å². The molecule has 7 nitrogen and oxygen atoms in total. The zero-order chi connectivity index (χ0) is 19.8. The van der Waals surface area contributed by atoms with Crippen molar-refractivity contribution < 1.29 is 9.50 Å². The lowest BCUT2D eigenvalue weighted by molar-refractivity contribution is 0.141. The van der Waals surface area contributed by atoms with E-state index in [2.05, 4.69) is 32.2 Å². The number of hydrogen-bond acceptors (Lipinski definition) is 6. The zero-order valence-corrected chi connectivity index (χ0v) is 16.4. The third-order valence-electron chi connectivity index (χ3n) is 5.30. The van der Waals surface area contributed by atoms with Crippen LogP contribution in [-0.2, 0) is 0 Å². The second-order valence-electron chi connectivity index (χ2n) is 7.42. The van der Waals surface area contributed by atoms with Gasteiger partial charge < -0.3 is 15.3 Å². The number of fused-ring (bicyclic) bond motifs is 1. The molecule has 3 aromatic rings. The minimum Gasteiger partial charge on any atom is -0.507 e. The quantitative estimate of drug-likeness (QED) is 0.720. The van der Waals surface area contributed by atoms with Crippen molar-refractivity contribution in [3.63, 3.8) is 0 Å². The Morgan fingerprint density at radius 2 is 2.11 bits per heavy atom. The maximum Gasteiger partial charge on any atom is 0.254 e. The average molecular weight is 384 g/mol. The van der Waals surface area contributed by atoms with Gasteiger partial charge in [0, 0.05) is 24.8 Å². The third-order valence-corrected chi connectivity index (χ3v) is 5.30. The van der Waals surface area contributed by atoms with Crippen LogP contribution in [-0.4, -0.2) is 61.4 Å². The van der Waals surface area contributed by atoms with Crippen molar-refractivity contribution in [3.05, 3.63) is 35.5 Å². The van der Waals surface area contributed by atoms with E-state index in [0.29, 0.717) is 35.9 Å². The lowest BCUT2D eigenvalue weighted by Crippen LogP contribution is -2.48. The first kappa shape index (κ1) is 18.6. The molecule has 0 radical (unpaired) electrons. The highest BCUT2D eigenvalue weighted by molar-refractivity contribution is 5.72. The van der Waals surface area contributed by atoms with Crippen molar-refractivity contribution in [3.8, 4) is 17.0 Å². The van der Waals surface area contributed by atoms with Crippen LogP contribution in [0.25, 0.3) is 17.0 Å². The van der Waals surface area contributed by atoms with Gasteiger partial charge >= 0.3 is 0 Å². The molecule has 0 aliphatic carbocycles. The number of aromatic hydroxyl groups is 1. The number of piperidine rings is 1. The predicted molar refractivity (Wildman–Crippen MR) is 106 cm³/mol. The number of nitrogens with zero attached hydrogens (tertiary/aromatic N) is 5. The molecule has 1 aliphatic rings. The molecule has 0 spiro atoms. The molecule has 4 rings (SSSR count). The predicted octanol–water partition coefficient (Wildman–Crippen LogP) is 2.96. The van der Waals surface area contributed by atoms with Crippen molar-refractivity contribution in [1.29, 1.82) is 0 Å². The van der Waals surface area contributed by atoms with Gasteiger partial charge in [-0.1, -0.05) is 13.0 Å². The highest BCUT2D eigenvalue weighted by atomic mass is 19.1. The van der Waals surface area contributed by atoms with Crippen LogP contribution in [0.5, 0.6) is 5.75 Å². The van der Waals surface area contributed by atoms with Crippen LogP contribution in [0.2, 0.25) is 0 Å². The van der Waals surface area contributed by atoms with Crippen LogP contribution in [0.1, 0.15) is 24.5 Å². The molecular weight excluding hydrogens is 359 g/mol. The number of phenolic OH excluding ortho intramolecular Hbond substituents is 1. The minimum atomic E-state index is -0.926. The summed E-state index contributed by atoms with van der Waals surface area (Å²) in [7, 11) is 0. The maximum absolute atomic E-state index is 14.3. The number of nitrogens with one attached hydrogen (secondary N) is 1. The number of anilines is 1. The van der Waals surface area contributed by atoms with E-state index in [-0.39, 0.29) is 11.8 Å². The Kier molecular flexibility index (Phi) is 4.89. The van der Waals surface area contributed by atoms with E-state index in [1.54, 1.807) is 22.8 Å². The van der Waals surface area contributed by atoms with Crippen LogP contribution in [0.15, 0.2) is 24.4 Å². The number of rotatable bonds is 4. The third kappa shape index (κ3) is 3.52. The van der Waals surface area contributed by atoms with Gasteiger partial charge in [0.05, 0.1) is 11.7 Å². The number of hydrogen-bond donors (Lipinski definition) is 2. The summed E-state index contributed by atoms with van der Waals surface area (Å²) in [5.74, 6) is 0.951. The molecule has 0 amide bonds. The van der Waals surface area contributed by atoms with E-state index >= 15 is 0 Å². The van der Waals surface area contributed by atoms with Gasteiger partial charge in [0.2, 0.25) is 5.95 Å². The number of halogens is 1. The maximum atomic E-state index is 14.3. The number of aromatic nitrogens is 4. The van der Waals surface area contributed by atoms with E-state index < -0.39 is 6.17 Å². The standard InChI is InChI=1S/C20H25FN6O/c1-4-26-7-5-14(21)16(11-26)22-19-24-20-23-15(6-8-27(20)25-19)18-13(3)9-12(2)10-17(18)28/h6,8-10,14,16,28H,4-5,7,11H2,1-3H3,(H,22,25)/t14-,16+/m1/s1. The monoisotopic (exact) mass is 384 g/mol. The summed E-state index contributed by atoms with van der Waals surface area (Å²) in [5, 5.41) is 17.8. The molecule has 1 fully saturated rings. The molecule has 2 N–H and O–H groups in total. The van der Waals surface area contributed by atoms with Crippen LogP contribution < -0.4 is 5.32 Å². The molecule has 1 aliphatic heterocycles. The van der Waals surface area contributed by atoms with Gasteiger partial charge in [-0.05, 0) is 50.1 Å². The van der Waals surface area contributed by atoms with Crippen molar-refractivity contribution >= 4 is 11.7 Å². The molecular formula is C20H25FN6O. The number of phenols is 1. The SMILES string of the molecule is CCN1CC[C@@H](F)[C@@H](Nc2nc3nc(-c4c(C)cc(C)cc4O)ccn3n2)C1. The topological polar surface area (TPSA) is 78.6 Å². The van der Waals surface area contributed by atoms with Gasteiger partial charge in [0.25, 0.3) is 5.78 Å². The Morgan fingerprint density at radius 3 is 2.86 bits per heavy atom. The van der Waals surface area contributed by atoms with Crippen molar-refractivity contribution in [1.82, 2.24) is 24.5 Å². The molecule has 0 unspecified atom stereocenters. The van der Waals surface area contributed by atoms with Gasteiger partial charge in [-0.25, -0.2) is 13.9 Å². The Bertz CT molecular complexity index is 981. The average Bonchev–Trinajstić information content (AvgIpc) is 3.04. The zero-order valence-electron chi connectivity index (χ0n) is 16.4. The van der Waals surface area contributed by atoms with Gasteiger partial charge in [-0.15, -0.1) is 5.10 Å². The molecule has 2 aromatic heterocycles. The van der Waals surface area contributed by atoms with E-state index in [1.807, 2.05) is 19.9 Å². The summed E-state index contributed by atoms with van der Waals surface area (Å²) < 4.78 is 15.9. The van der Waals surface area contributed by atoms with Crippen molar-refractivity contribution in [2.24, 2.45) is 0 Å². The summed E-state index contributed by atoms with van der Waals surface area (Å²) in [5.41, 5.74) is 3.23. The first-order valence-electron chi connectivity index (χ1n) is 9.61. The Hall–Kier alpha value is -2.74. The second kappa shape index (κ2) is 7.35. The first-order chi connectivity index (χ1) is 13.4. The highest BCUT2D eigenvalue weighted by Gasteiger charge is 2.29. The molecule has 1 aromatic carbocycles. The number of benzene rings is 1. The van der Waals surface area contributed by atoms with Crippen LogP contribution in [0, 0.1) is 13.8 Å². The Balaban J connectivity index is 1.62.